The van der Waals surface area contributed by atoms with Crippen LogP contribution in [0.15, 0.2) is 54.6 Å². The van der Waals surface area contributed by atoms with Crippen molar-refractivity contribution in [1.82, 2.24) is 10.2 Å². The number of carbonyl (C=O) groups is 2. The average Bonchev–Trinajstić information content (AvgIpc) is 3.28. The maximum atomic E-state index is 13.3. The monoisotopic (exact) mass is 458 g/mol. The molecule has 1 fully saturated rings. The van der Waals surface area contributed by atoms with Crippen LogP contribution in [0.25, 0.3) is 0 Å². The number of nitrogens with zero attached hydrogens (tertiary/aromatic N) is 1. The first-order chi connectivity index (χ1) is 15.1. The second-order valence-corrected chi connectivity index (χ2v) is 9.40. The van der Waals surface area contributed by atoms with Crippen molar-refractivity contribution in [3.63, 3.8) is 0 Å². The van der Waals surface area contributed by atoms with E-state index in [1.807, 2.05) is 49.4 Å². The summed E-state index contributed by atoms with van der Waals surface area (Å²) in [4.78, 5) is 28.1. The zero-order valence-corrected chi connectivity index (χ0v) is 19.6. The molecule has 31 heavy (non-hydrogen) atoms. The van der Waals surface area contributed by atoms with Crippen LogP contribution in [0, 0.1) is 0 Å². The van der Waals surface area contributed by atoms with Gasteiger partial charge in [-0.3, -0.25) is 9.59 Å². The number of amides is 2. The standard InChI is InChI=1S/C25H31ClN2O2S/c1-2-23(25(30)27-21-13-7-8-14-21)28(16-20-12-6-9-15-22(20)26)24(29)18-31-17-19-10-4-3-5-11-19/h3-6,9-12,15,21,23H,2,7-8,13-14,16-18H2,1H3,(H,27,30). The molecule has 2 aromatic carbocycles. The lowest BCUT2D eigenvalue weighted by atomic mass is 10.1. The maximum absolute atomic E-state index is 13.3. The van der Waals surface area contributed by atoms with Crippen LogP contribution in [0.4, 0.5) is 0 Å². The molecular formula is C25H31ClN2O2S. The molecule has 0 spiro atoms. The van der Waals surface area contributed by atoms with E-state index >= 15 is 0 Å². The predicted molar refractivity (Wildman–Crippen MR) is 129 cm³/mol. The summed E-state index contributed by atoms with van der Waals surface area (Å²) in [5.41, 5.74) is 2.04. The highest BCUT2D eigenvalue weighted by molar-refractivity contribution is 7.99. The molecule has 0 bridgehead atoms. The molecule has 2 aromatic rings. The molecule has 2 amide bonds. The molecular weight excluding hydrogens is 428 g/mol. The summed E-state index contributed by atoms with van der Waals surface area (Å²) < 4.78 is 0. The van der Waals surface area contributed by atoms with E-state index in [0.29, 0.717) is 23.7 Å². The molecule has 0 heterocycles. The first kappa shape index (κ1) is 23.7. The van der Waals surface area contributed by atoms with E-state index in [9.17, 15) is 9.59 Å². The molecule has 1 unspecified atom stereocenters. The zero-order chi connectivity index (χ0) is 22.1. The summed E-state index contributed by atoms with van der Waals surface area (Å²) in [5.74, 6) is 1.00. The lowest BCUT2D eigenvalue weighted by molar-refractivity contribution is -0.139. The van der Waals surface area contributed by atoms with Gasteiger partial charge in [-0.15, -0.1) is 11.8 Å². The van der Waals surface area contributed by atoms with E-state index in [1.165, 1.54) is 5.56 Å². The van der Waals surface area contributed by atoms with Gasteiger partial charge in [0.25, 0.3) is 0 Å². The van der Waals surface area contributed by atoms with Crippen molar-refractivity contribution in [3.8, 4) is 0 Å². The van der Waals surface area contributed by atoms with Crippen molar-refractivity contribution in [3.05, 3.63) is 70.7 Å². The van der Waals surface area contributed by atoms with Gasteiger partial charge in [0.2, 0.25) is 11.8 Å². The third kappa shape index (κ3) is 7.01. The highest BCUT2D eigenvalue weighted by Crippen LogP contribution is 2.23. The zero-order valence-electron chi connectivity index (χ0n) is 18.1. The van der Waals surface area contributed by atoms with Crippen molar-refractivity contribution in [2.45, 2.75) is 63.4 Å². The van der Waals surface area contributed by atoms with Crippen LogP contribution in [0.3, 0.4) is 0 Å². The van der Waals surface area contributed by atoms with Gasteiger partial charge >= 0.3 is 0 Å². The van der Waals surface area contributed by atoms with Crippen molar-refractivity contribution in [1.29, 1.82) is 0 Å². The second-order valence-electron chi connectivity index (χ2n) is 8.01. The van der Waals surface area contributed by atoms with Crippen LogP contribution in [0.1, 0.15) is 50.2 Å². The maximum Gasteiger partial charge on any atom is 0.243 e. The summed E-state index contributed by atoms with van der Waals surface area (Å²) in [5, 5.41) is 3.79. The van der Waals surface area contributed by atoms with Crippen LogP contribution < -0.4 is 5.32 Å². The third-order valence-electron chi connectivity index (χ3n) is 5.72. The molecule has 0 saturated heterocycles. The topological polar surface area (TPSA) is 49.4 Å². The fraction of sp³-hybridized carbons (Fsp3) is 0.440. The summed E-state index contributed by atoms with van der Waals surface area (Å²) in [6, 6.07) is 17.4. The Kier molecular flexibility index (Phi) is 9.29. The highest BCUT2D eigenvalue weighted by Gasteiger charge is 2.30. The van der Waals surface area contributed by atoms with Crippen LogP contribution in [0.2, 0.25) is 5.02 Å². The number of benzene rings is 2. The lowest BCUT2D eigenvalue weighted by Crippen LogP contribution is -2.51. The Balaban J connectivity index is 1.71. The fourth-order valence-corrected chi connectivity index (χ4v) is 5.08. The molecule has 4 nitrogen and oxygen atoms in total. The highest BCUT2D eigenvalue weighted by atomic mass is 35.5. The van der Waals surface area contributed by atoms with Gasteiger partial charge in [0.05, 0.1) is 5.75 Å². The quantitative estimate of drug-likeness (QED) is 0.515. The summed E-state index contributed by atoms with van der Waals surface area (Å²) in [6.07, 6.45) is 4.92. The van der Waals surface area contributed by atoms with Gasteiger partial charge in [0, 0.05) is 23.4 Å². The van der Waals surface area contributed by atoms with Gasteiger partial charge in [-0.25, -0.2) is 0 Å². The van der Waals surface area contributed by atoms with E-state index < -0.39 is 6.04 Å². The second kappa shape index (κ2) is 12.2. The van der Waals surface area contributed by atoms with Crippen molar-refractivity contribution < 1.29 is 9.59 Å². The average molecular weight is 459 g/mol. The molecule has 6 heteroatoms. The van der Waals surface area contributed by atoms with E-state index in [-0.39, 0.29) is 17.9 Å². The third-order valence-corrected chi connectivity index (χ3v) is 7.08. The minimum absolute atomic E-state index is 0.0331. The van der Waals surface area contributed by atoms with Crippen LogP contribution in [-0.4, -0.2) is 34.6 Å². The van der Waals surface area contributed by atoms with Gasteiger partial charge in [-0.2, -0.15) is 0 Å². The Hall–Kier alpha value is -1.98. The van der Waals surface area contributed by atoms with Crippen LogP contribution in [-0.2, 0) is 21.9 Å². The van der Waals surface area contributed by atoms with Gasteiger partial charge in [0.15, 0.2) is 0 Å². The first-order valence-electron chi connectivity index (χ1n) is 11.0. The number of halogens is 1. The summed E-state index contributed by atoms with van der Waals surface area (Å²) in [6.45, 7) is 2.30. The van der Waals surface area contributed by atoms with Gasteiger partial charge in [-0.05, 0) is 36.5 Å². The normalized spacial score (nSPS) is 14.9. The molecule has 1 N–H and O–H groups in total. The van der Waals surface area contributed by atoms with Crippen molar-refractivity contribution in [2.75, 3.05) is 5.75 Å². The SMILES string of the molecule is CCC(C(=O)NC1CCCC1)N(Cc1ccccc1Cl)C(=O)CSCc1ccccc1. The number of nitrogens with one attached hydrogen (secondary N) is 1. The summed E-state index contributed by atoms with van der Waals surface area (Å²) >= 11 is 7.95. The van der Waals surface area contributed by atoms with E-state index in [4.69, 9.17) is 11.6 Å². The smallest absolute Gasteiger partial charge is 0.243 e. The van der Waals surface area contributed by atoms with E-state index in [2.05, 4.69) is 17.4 Å². The number of carbonyl (C=O) groups excluding carboxylic acids is 2. The van der Waals surface area contributed by atoms with Gasteiger partial charge in [0.1, 0.15) is 6.04 Å². The van der Waals surface area contributed by atoms with Crippen LogP contribution >= 0.6 is 23.4 Å². The molecule has 0 radical (unpaired) electrons. The summed E-state index contributed by atoms with van der Waals surface area (Å²) in [7, 11) is 0. The Morgan fingerprint density at radius 2 is 1.77 bits per heavy atom. The van der Waals surface area contributed by atoms with E-state index in [0.717, 1.165) is 37.0 Å². The number of hydrogen-bond acceptors (Lipinski definition) is 3. The Bertz CT molecular complexity index is 856. The first-order valence-corrected chi connectivity index (χ1v) is 12.6. The fourth-order valence-electron chi connectivity index (χ4n) is 4.01. The molecule has 166 valence electrons. The lowest BCUT2D eigenvalue weighted by Gasteiger charge is -2.31. The molecule has 0 aromatic heterocycles. The van der Waals surface area contributed by atoms with Crippen molar-refractivity contribution >= 4 is 35.2 Å². The molecule has 1 saturated carbocycles. The number of rotatable bonds is 10. The van der Waals surface area contributed by atoms with Crippen LogP contribution in [0.5, 0.6) is 0 Å². The van der Waals surface area contributed by atoms with E-state index in [1.54, 1.807) is 16.7 Å². The Morgan fingerprint density at radius 3 is 2.45 bits per heavy atom. The molecule has 3 rings (SSSR count). The number of thioether (sulfide) groups is 1. The Morgan fingerprint density at radius 1 is 1.10 bits per heavy atom. The Labute approximate surface area is 194 Å². The van der Waals surface area contributed by atoms with Gasteiger partial charge in [-0.1, -0.05) is 79.9 Å². The van der Waals surface area contributed by atoms with Gasteiger partial charge < -0.3 is 10.2 Å². The minimum Gasteiger partial charge on any atom is -0.352 e. The minimum atomic E-state index is -0.498. The molecule has 1 aliphatic carbocycles. The largest absolute Gasteiger partial charge is 0.352 e. The molecule has 0 aliphatic heterocycles. The predicted octanol–water partition coefficient (Wildman–Crippen LogP) is 5.44. The molecule has 1 aliphatic rings. The van der Waals surface area contributed by atoms with Crippen molar-refractivity contribution in [2.24, 2.45) is 0 Å². The molecule has 1 atom stereocenters. The number of hydrogen-bond donors (Lipinski definition) is 1.